The number of carbonyl (C=O) groups is 2. The number of nitrogens with one attached hydrogen (secondary N) is 1. The Morgan fingerprint density at radius 3 is 2.79 bits per heavy atom. The first kappa shape index (κ1) is 9.45. The number of hydrogen-bond donors (Lipinski definition) is 2. The molecule has 0 aromatic carbocycles. The van der Waals surface area contributed by atoms with Crippen LogP contribution < -0.4 is 11.1 Å². The minimum atomic E-state index is -0.298. The lowest BCUT2D eigenvalue weighted by atomic mass is 10.2. The molecule has 0 bridgehead atoms. The van der Waals surface area contributed by atoms with Gasteiger partial charge in [-0.3, -0.25) is 9.59 Å². The molecule has 0 spiro atoms. The maximum atomic E-state index is 11.8. The molecule has 0 aliphatic carbocycles. The van der Waals surface area contributed by atoms with Crippen LogP contribution in [0, 0.1) is 0 Å². The summed E-state index contributed by atoms with van der Waals surface area (Å²) in [6.07, 6.45) is 1.96. The van der Waals surface area contributed by atoms with Gasteiger partial charge in [-0.15, -0.1) is 0 Å². The Morgan fingerprint density at radius 2 is 2.29 bits per heavy atom. The van der Waals surface area contributed by atoms with Crippen LogP contribution in [-0.4, -0.2) is 41.9 Å². The van der Waals surface area contributed by atoms with Crippen molar-refractivity contribution in [1.82, 2.24) is 10.2 Å². The maximum Gasteiger partial charge on any atom is 0.245 e. The first-order valence-corrected chi connectivity index (χ1v) is 5.00. The molecule has 3 N–H and O–H groups in total. The van der Waals surface area contributed by atoms with Gasteiger partial charge in [-0.2, -0.15) is 0 Å². The van der Waals surface area contributed by atoms with Crippen LogP contribution in [0.5, 0.6) is 0 Å². The van der Waals surface area contributed by atoms with E-state index in [0.717, 1.165) is 13.0 Å². The van der Waals surface area contributed by atoms with E-state index in [0.29, 0.717) is 19.4 Å². The van der Waals surface area contributed by atoms with Crippen LogP contribution in [0.2, 0.25) is 0 Å². The molecule has 2 fully saturated rings. The molecule has 5 heteroatoms. The second-order valence-electron chi connectivity index (χ2n) is 3.99. The van der Waals surface area contributed by atoms with E-state index < -0.39 is 0 Å². The molecule has 0 unspecified atom stereocenters. The molecular formula is C9H15N3O2. The predicted molar refractivity (Wildman–Crippen MR) is 50.3 cm³/mol. The molecule has 0 aromatic heterocycles. The molecule has 0 radical (unpaired) electrons. The van der Waals surface area contributed by atoms with E-state index in [4.69, 9.17) is 5.73 Å². The summed E-state index contributed by atoms with van der Waals surface area (Å²) >= 11 is 0. The van der Waals surface area contributed by atoms with Crippen molar-refractivity contribution in [3.05, 3.63) is 0 Å². The van der Waals surface area contributed by atoms with Crippen molar-refractivity contribution < 1.29 is 9.59 Å². The lowest BCUT2D eigenvalue weighted by molar-refractivity contribution is -0.133. The third-order valence-electron chi connectivity index (χ3n) is 2.83. The second kappa shape index (κ2) is 3.57. The summed E-state index contributed by atoms with van der Waals surface area (Å²) in [7, 11) is 0. The number of nitrogens with zero attached hydrogens (tertiary/aromatic N) is 1. The van der Waals surface area contributed by atoms with E-state index in [1.807, 2.05) is 0 Å². The van der Waals surface area contributed by atoms with Crippen molar-refractivity contribution in [2.45, 2.75) is 31.3 Å². The van der Waals surface area contributed by atoms with Gasteiger partial charge in [-0.25, -0.2) is 0 Å². The number of nitrogens with two attached hydrogens (primary N) is 1. The molecule has 2 amide bonds. The molecule has 2 aliphatic heterocycles. The Morgan fingerprint density at radius 1 is 1.50 bits per heavy atom. The van der Waals surface area contributed by atoms with Gasteiger partial charge in [0.25, 0.3) is 0 Å². The van der Waals surface area contributed by atoms with Crippen LogP contribution in [0.15, 0.2) is 0 Å². The largest absolute Gasteiger partial charge is 0.344 e. The predicted octanol–water partition coefficient (Wildman–Crippen LogP) is -1.18. The fraction of sp³-hybridized carbons (Fsp3) is 0.778. The highest BCUT2D eigenvalue weighted by Crippen LogP contribution is 2.14. The molecular weight excluding hydrogens is 182 g/mol. The van der Waals surface area contributed by atoms with Crippen molar-refractivity contribution in [2.24, 2.45) is 5.73 Å². The monoisotopic (exact) mass is 197 g/mol. The van der Waals surface area contributed by atoms with Gasteiger partial charge in [0.2, 0.25) is 11.8 Å². The molecule has 2 saturated heterocycles. The molecule has 2 heterocycles. The van der Waals surface area contributed by atoms with E-state index in [9.17, 15) is 9.59 Å². The molecule has 14 heavy (non-hydrogen) atoms. The number of rotatable bonds is 1. The zero-order chi connectivity index (χ0) is 10.1. The van der Waals surface area contributed by atoms with Crippen molar-refractivity contribution in [3.63, 3.8) is 0 Å². The Kier molecular flexibility index (Phi) is 2.41. The minimum absolute atomic E-state index is 0.0214. The molecule has 2 rings (SSSR count). The highest BCUT2D eigenvalue weighted by atomic mass is 16.2. The van der Waals surface area contributed by atoms with Gasteiger partial charge in [0.1, 0.15) is 6.04 Å². The van der Waals surface area contributed by atoms with E-state index in [2.05, 4.69) is 5.32 Å². The zero-order valence-corrected chi connectivity index (χ0v) is 8.03. The van der Waals surface area contributed by atoms with E-state index in [-0.39, 0.29) is 23.9 Å². The Labute approximate surface area is 82.6 Å². The highest BCUT2D eigenvalue weighted by molar-refractivity contribution is 5.90. The van der Waals surface area contributed by atoms with Crippen molar-refractivity contribution in [2.75, 3.05) is 13.1 Å². The lowest BCUT2D eigenvalue weighted by Gasteiger charge is -2.19. The van der Waals surface area contributed by atoms with E-state index >= 15 is 0 Å². The molecule has 2 atom stereocenters. The second-order valence-corrected chi connectivity index (χ2v) is 3.99. The van der Waals surface area contributed by atoms with Gasteiger partial charge >= 0.3 is 0 Å². The topological polar surface area (TPSA) is 75.4 Å². The summed E-state index contributed by atoms with van der Waals surface area (Å²) in [5.41, 5.74) is 5.71. The third-order valence-corrected chi connectivity index (χ3v) is 2.83. The lowest BCUT2D eigenvalue weighted by Crippen LogP contribution is -2.44. The van der Waals surface area contributed by atoms with Gasteiger partial charge < -0.3 is 16.0 Å². The minimum Gasteiger partial charge on any atom is -0.344 e. The quantitative estimate of drug-likeness (QED) is 0.556. The summed E-state index contributed by atoms with van der Waals surface area (Å²) in [5.74, 6) is 0.00986. The van der Waals surface area contributed by atoms with Crippen LogP contribution in [-0.2, 0) is 9.59 Å². The van der Waals surface area contributed by atoms with Crippen molar-refractivity contribution in [1.29, 1.82) is 0 Å². The van der Waals surface area contributed by atoms with Crippen LogP contribution in [0.1, 0.15) is 19.3 Å². The van der Waals surface area contributed by atoms with Gasteiger partial charge in [-0.05, 0) is 12.8 Å². The molecule has 2 aliphatic rings. The van der Waals surface area contributed by atoms with Crippen LogP contribution in [0.25, 0.3) is 0 Å². The summed E-state index contributed by atoms with van der Waals surface area (Å²) < 4.78 is 0. The van der Waals surface area contributed by atoms with Gasteiger partial charge in [0.15, 0.2) is 0 Å². The Hall–Kier alpha value is -1.10. The maximum absolute atomic E-state index is 11.8. The van der Waals surface area contributed by atoms with Gasteiger partial charge in [-0.1, -0.05) is 0 Å². The average molecular weight is 197 g/mol. The molecule has 0 saturated carbocycles. The fourth-order valence-electron chi connectivity index (χ4n) is 2.01. The Balaban J connectivity index is 1.92. The normalized spacial score (nSPS) is 32.1. The first-order chi connectivity index (χ1) is 6.66. The van der Waals surface area contributed by atoms with Crippen LogP contribution in [0.4, 0.5) is 0 Å². The number of carbonyl (C=O) groups excluding carboxylic acids is 2. The van der Waals surface area contributed by atoms with Crippen molar-refractivity contribution in [3.8, 4) is 0 Å². The van der Waals surface area contributed by atoms with Crippen LogP contribution >= 0.6 is 0 Å². The zero-order valence-electron chi connectivity index (χ0n) is 8.03. The third kappa shape index (κ3) is 1.72. The van der Waals surface area contributed by atoms with Gasteiger partial charge in [0, 0.05) is 25.6 Å². The number of hydrogen-bond acceptors (Lipinski definition) is 3. The Bertz CT molecular complexity index is 267. The number of amides is 2. The summed E-state index contributed by atoms with van der Waals surface area (Å²) in [5, 5.41) is 2.67. The summed E-state index contributed by atoms with van der Waals surface area (Å²) in [4.78, 5) is 24.5. The van der Waals surface area contributed by atoms with Crippen molar-refractivity contribution >= 4 is 11.8 Å². The molecule has 0 aromatic rings. The van der Waals surface area contributed by atoms with E-state index in [1.165, 1.54) is 0 Å². The summed E-state index contributed by atoms with van der Waals surface area (Å²) in [6.45, 7) is 1.36. The summed E-state index contributed by atoms with van der Waals surface area (Å²) in [6, 6.07) is -0.191. The van der Waals surface area contributed by atoms with Crippen LogP contribution in [0.3, 0.4) is 0 Å². The van der Waals surface area contributed by atoms with E-state index in [1.54, 1.807) is 4.90 Å². The highest BCUT2D eigenvalue weighted by Gasteiger charge is 2.33. The first-order valence-electron chi connectivity index (χ1n) is 5.00. The SMILES string of the molecule is N[C@@H]1CCN(C(=O)[C@@H]2CCC(=O)N2)C1. The molecule has 78 valence electrons. The number of likely N-dealkylation sites (tertiary alicyclic amines) is 1. The average Bonchev–Trinajstić information content (AvgIpc) is 2.73. The molecule has 5 nitrogen and oxygen atoms in total. The van der Waals surface area contributed by atoms with Gasteiger partial charge in [0.05, 0.1) is 0 Å². The standard InChI is InChI=1S/C9H15N3O2/c10-6-3-4-12(5-6)9(14)7-1-2-8(13)11-7/h6-7H,1-5,10H2,(H,11,13)/t6-,7+/m1/s1. The smallest absolute Gasteiger partial charge is 0.245 e. The fourth-order valence-corrected chi connectivity index (χ4v) is 2.01.